The van der Waals surface area contributed by atoms with Gasteiger partial charge in [0.15, 0.2) is 10.8 Å². The molecule has 0 aliphatic heterocycles. The molecular weight excluding hydrogens is 310 g/mol. The third kappa shape index (κ3) is 3.24. The minimum atomic E-state index is -0.0325. The molecule has 3 rings (SSSR count). The first-order valence-corrected chi connectivity index (χ1v) is 8.30. The van der Waals surface area contributed by atoms with Crippen LogP contribution in [0.5, 0.6) is 0 Å². The number of nitrogens with zero attached hydrogens (tertiary/aromatic N) is 4. The number of rotatable bonds is 4. The van der Waals surface area contributed by atoms with Crippen LogP contribution < -0.4 is 5.32 Å². The van der Waals surface area contributed by atoms with Crippen molar-refractivity contribution in [3.8, 4) is 0 Å². The van der Waals surface area contributed by atoms with E-state index in [1.165, 1.54) is 11.3 Å². The summed E-state index contributed by atoms with van der Waals surface area (Å²) in [5.41, 5.74) is 4.86. The summed E-state index contributed by atoms with van der Waals surface area (Å²) in [6.45, 7) is 7.91. The van der Waals surface area contributed by atoms with E-state index in [9.17, 15) is 4.79 Å². The van der Waals surface area contributed by atoms with E-state index in [-0.39, 0.29) is 5.91 Å². The molecule has 0 aliphatic rings. The Balaban J connectivity index is 1.75. The van der Waals surface area contributed by atoms with E-state index < -0.39 is 0 Å². The van der Waals surface area contributed by atoms with Gasteiger partial charge in [0, 0.05) is 34.9 Å². The molecule has 0 saturated carbocycles. The number of nitrogens with one attached hydrogen (secondary N) is 1. The van der Waals surface area contributed by atoms with Gasteiger partial charge in [0.05, 0.1) is 5.69 Å². The van der Waals surface area contributed by atoms with Gasteiger partial charge in [0.25, 0.3) is 0 Å². The molecule has 120 valence electrons. The molecular formula is C16H19N5OS. The molecule has 1 amide bonds. The van der Waals surface area contributed by atoms with E-state index in [1.807, 2.05) is 38.3 Å². The Kier molecular flexibility index (Phi) is 4.12. The Morgan fingerprint density at radius 1 is 1.30 bits per heavy atom. The Labute approximate surface area is 138 Å². The number of carbonyl (C=O) groups is 1. The second kappa shape index (κ2) is 6.08. The van der Waals surface area contributed by atoms with E-state index in [0.29, 0.717) is 18.0 Å². The molecule has 0 spiro atoms. The maximum absolute atomic E-state index is 12.1. The SMILES string of the molecule is Cc1cc2nc(C)c(CCC(=O)Nc3ncc(C)s3)c(C)n2n1. The molecule has 7 heteroatoms. The molecule has 0 atom stereocenters. The molecule has 0 fully saturated rings. The maximum Gasteiger partial charge on any atom is 0.226 e. The van der Waals surface area contributed by atoms with Crippen LogP contribution in [0.25, 0.3) is 5.65 Å². The number of hydrogen-bond acceptors (Lipinski definition) is 5. The molecule has 0 unspecified atom stereocenters. The van der Waals surface area contributed by atoms with Crippen LogP contribution in [-0.4, -0.2) is 25.5 Å². The van der Waals surface area contributed by atoms with Crippen molar-refractivity contribution in [2.24, 2.45) is 0 Å². The molecule has 0 bridgehead atoms. The molecule has 0 saturated heterocycles. The number of carbonyl (C=O) groups excluding carboxylic acids is 1. The zero-order chi connectivity index (χ0) is 16.6. The van der Waals surface area contributed by atoms with Crippen molar-refractivity contribution in [3.05, 3.63) is 39.8 Å². The van der Waals surface area contributed by atoms with Gasteiger partial charge in [-0.25, -0.2) is 14.5 Å². The molecule has 0 radical (unpaired) electrons. The highest BCUT2D eigenvalue weighted by Gasteiger charge is 2.13. The standard InChI is InChI=1S/C16H19N5OS/c1-9-7-14-18-11(3)13(12(4)21(14)20-9)5-6-15(22)19-16-17-8-10(2)23-16/h7-8H,5-6H2,1-4H3,(H,17,19,22). The Morgan fingerprint density at radius 2 is 2.09 bits per heavy atom. The van der Waals surface area contributed by atoms with Crippen LogP contribution in [0, 0.1) is 27.7 Å². The van der Waals surface area contributed by atoms with E-state index >= 15 is 0 Å². The van der Waals surface area contributed by atoms with Crippen molar-refractivity contribution in [2.75, 3.05) is 5.32 Å². The van der Waals surface area contributed by atoms with Crippen LogP contribution in [0.15, 0.2) is 12.3 Å². The summed E-state index contributed by atoms with van der Waals surface area (Å²) in [7, 11) is 0. The molecule has 0 aromatic carbocycles. The van der Waals surface area contributed by atoms with Gasteiger partial charge in [0.2, 0.25) is 5.91 Å². The quantitative estimate of drug-likeness (QED) is 0.798. The summed E-state index contributed by atoms with van der Waals surface area (Å²) < 4.78 is 1.85. The highest BCUT2D eigenvalue weighted by atomic mass is 32.1. The number of thiazole rings is 1. The summed E-state index contributed by atoms with van der Waals surface area (Å²) in [5.74, 6) is -0.0325. The number of fused-ring (bicyclic) bond motifs is 1. The average Bonchev–Trinajstić information content (AvgIpc) is 3.04. The van der Waals surface area contributed by atoms with Crippen LogP contribution >= 0.6 is 11.3 Å². The zero-order valence-corrected chi connectivity index (χ0v) is 14.5. The number of aryl methyl sites for hydroxylation is 4. The normalized spacial score (nSPS) is 11.1. The van der Waals surface area contributed by atoms with Crippen LogP contribution in [-0.2, 0) is 11.2 Å². The highest BCUT2D eigenvalue weighted by Crippen LogP contribution is 2.19. The van der Waals surface area contributed by atoms with E-state index in [2.05, 4.69) is 20.4 Å². The van der Waals surface area contributed by atoms with Crippen molar-refractivity contribution < 1.29 is 4.79 Å². The Hall–Kier alpha value is -2.28. The predicted molar refractivity (Wildman–Crippen MR) is 91.0 cm³/mol. The van der Waals surface area contributed by atoms with E-state index in [1.54, 1.807) is 6.20 Å². The maximum atomic E-state index is 12.1. The van der Waals surface area contributed by atoms with Crippen LogP contribution in [0.4, 0.5) is 5.13 Å². The fourth-order valence-electron chi connectivity index (χ4n) is 2.64. The summed E-state index contributed by atoms with van der Waals surface area (Å²) in [5, 5.41) is 7.95. The monoisotopic (exact) mass is 329 g/mol. The van der Waals surface area contributed by atoms with Gasteiger partial charge < -0.3 is 5.32 Å². The van der Waals surface area contributed by atoms with Crippen molar-refractivity contribution in [2.45, 2.75) is 40.5 Å². The van der Waals surface area contributed by atoms with Crippen LogP contribution in [0.3, 0.4) is 0 Å². The highest BCUT2D eigenvalue weighted by molar-refractivity contribution is 7.15. The van der Waals surface area contributed by atoms with Crippen LogP contribution in [0.2, 0.25) is 0 Å². The third-order valence-corrected chi connectivity index (χ3v) is 4.58. The summed E-state index contributed by atoms with van der Waals surface area (Å²) >= 11 is 1.48. The number of aromatic nitrogens is 4. The number of hydrogen-bond donors (Lipinski definition) is 1. The Bertz CT molecular complexity index is 880. The topological polar surface area (TPSA) is 72.2 Å². The Morgan fingerprint density at radius 3 is 2.78 bits per heavy atom. The summed E-state index contributed by atoms with van der Waals surface area (Å²) in [4.78, 5) is 21.9. The average molecular weight is 329 g/mol. The fraction of sp³-hybridized carbons (Fsp3) is 0.375. The predicted octanol–water partition coefficient (Wildman–Crippen LogP) is 2.99. The van der Waals surface area contributed by atoms with E-state index in [4.69, 9.17) is 0 Å². The van der Waals surface area contributed by atoms with Gasteiger partial charge in [-0.3, -0.25) is 4.79 Å². The molecule has 6 nitrogen and oxygen atoms in total. The summed E-state index contributed by atoms with van der Waals surface area (Å²) in [6, 6.07) is 1.96. The van der Waals surface area contributed by atoms with Gasteiger partial charge in [-0.05, 0) is 39.7 Å². The first-order valence-electron chi connectivity index (χ1n) is 7.49. The first kappa shape index (κ1) is 15.6. The zero-order valence-electron chi connectivity index (χ0n) is 13.7. The second-order valence-corrected chi connectivity index (χ2v) is 6.88. The third-order valence-electron chi connectivity index (χ3n) is 3.76. The van der Waals surface area contributed by atoms with Gasteiger partial charge in [-0.15, -0.1) is 11.3 Å². The lowest BCUT2D eigenvalue weighted by molar-refractivity contribution is -0.116. The minimum Gasteiger partial charge on any atom is -0.302 e. The number of amides is 1. The molecule has 3 aromatic rings. The smallest absolute Gasteiger partial charge is 0.226 e. The van der Waals surface area contributed by atoms with Crippen molar-refractivity contribution in [1.82, 2.24) is 19.6 Å². The molecule has 23 heavy (non-hydrogen) atoms. The molecule has 1 N–H and O–H groups in total. The second-order valence-electron chi connectivity index (χ2n) is 5.64. The largest absolute Gasteiger partial charge is 0.302 e. The van der Waals surface area contributed by atoms with Gasteiger partial charge in [-0.2, -0.15) is 5.10 Å². The number of anilines is 1. The first-order chi connectivity index (χ1) is 10.9. The molecule has 3 aromatic heterocycles. The molecule has 0 aliphatic carbocycles. The van der Waals surface area contributed by atoms with Crippen molar-refractivity contribution >= 4 is 28.0 Å². The molecule has 3 heterocycles. The lowest BCUT2D eigenvalue weighted by Gasteiger charge is -2.10. The van der Waals surface area contributed by atoms with Gasteiger partial charge in [-0.1, -0.05) is 0 Å². The van der Waals surface area contributed by atoms with Gasteiger partial charge >= 0.3 is 0 Å². The lowest BCUT2D eigenvalue weighted by atomic mass is 10.1. The van der Waals surface area contributed by atoms with Crippen molar-refractivity contribution in [3.63, 3.8) is 0 Å². The van der Waals surface area contributed by atoms with E-state index in [0.717, 1.165) is 33.2 Å². The lowest BCUT2D eigenvalue weighted by Crippen LogP contribution is -2.14. The van der Waals surface area contributed by atoms with Gasteiger partial charge in [0.1, 0.15) is 0 Å². The minimum absolute atomic E-state index is 0.0325. The summed E-state index contributed by atoms with van der Waals surface area (Å²) in [6.07, 6.45) is 2.79. The van der Waals surface area contributed by atoms with Crippen molar-refractivity contribution in [1.29, 1.82) is 0 Å². The fourth-order valence-corrected chi connectivity index (χ4v) is 3.32. The van der Waals surface area contributed by atoms with Crippen LogP contribution in [0.1, 0.15) is 33.9 Å².